The molecule has 7 nitrogen and oxygen atoms in total. The molecular formula is C22H24N2O5. The van der Waals surface area contributed by atoms with Gasteiger partial charge in [-0.3, -0.25) is 9.59 Å². The lowest BCUT2D eigenvalue weighted by Gasteiger charge is -2.26. The summed E-state index contributed by atoms with van der Waals surface area (Å²) in [6, 6.07) is 14.0. The molecule has 2 aromatic carbocycles. The number of benzene rings is 2. The number of methoxy groups -OCH3 is 1. The molecule has 152 valence electrons. The van der Waals surface area contributed by atoms with Crippen LogP contribution >= 0.6 is 0 Å². The third-order valence-corrected chi connectivity index (χ3v) is 4.72. The maximum absolute atomic E-state index is 12.1. The van der Waals surface area contributed by atoms with Crippen LogP contribution in [0.2, 0.25) is 0 Å². The molecule has 1 heterocycles. The minimum absolute atomic E-state index is 0.0973. The Balaban J connectivity index is 1.45. The van der Waals surface area contributed by atoms with Gasteiger partial charge in [0.1, 0.15) is 5.75 Å². The molecule has 1 aliphatic rings. The molecule has 0 saturated carbocycles. The SMILES string of the molecule is COc1ccc(CNC(=O)COC(=O)c2ccc(N3CCCCC3=O)cc2)cc1. The number of piperidine rings is 1. The zero-order valence-corrected chi connectivity index (χ0v) is 16.3. The molecule has 0 unspecified atom stereocenters. The Hall–Kier alpha value is -3.35. The second kappa shape index (κ2) is 9.73. The fourth-order valence-electron chi connectivity index (χ4n) is 3.07. The second-order valence-corrected chi connectivity index (χ2v) is 6.75. The van der Waals surface area contributed by atoms with E-state index in [4.69, 9.17) is 9.47 Å². The molecule has 0 bridgehead atoms. The summed E-state index contributed by atoms with van der Waals surface area (Å²) in [5.74, 6) is -0.129. The number of esters is 1. The van der Waals surface area contributed by atoms with Gasteiger partial charge in [0.15, 0.2) is 6.61 Å². The zero-order chi connectivity index (χ0) is 20.6. The van der Waals surface area contributed by atoms with Crippen LogP contribution < -0.4 is 15.0 Å². The van der Waals surface area contributed by atoms with Crippen LogP contribution in [-0.2, 0) is 20.9 Å². The van der Waals surface area contributed by atoms with Crippen LogP contribution in [0.5, 0.6) is 5.75 Å². The molecule has 0 spiro atoms. The van der Waals surface area contributed by atoms with Crippen molar-refractivity contribution < 1.29 is 23.9 Å². The largest absolute Gasteiger partial charge is 0.497 e. The molecule has 2 amide bonds. The summed E-state index contributed by atoms with van der Waals surface area (Å²) < 4.78 is 10.2. The number of carbonyl (C=O) groups is 3. The predicted molar refractivity (Wildman–Crippen MR) is 108 cm³/mol. The highest BCUT2D eigenvalue weighted by Gasteiger charge is 2.20. The van der Waals surface area contributed by atoms with E-state index in [2.05, 4.69) is 5.32 Å². The van der Waals surface area contributed by atoms with E-state index in [-0.39, 0.29) is 18.4 Å². The highest BCUT2D eigenvalue weighted by molar-refractivity contribution is 5.95. The average Bonchev–Trinajstić information content (AvgIpc) is 2.77. The van der Waals surface area contributed by atoms with Crippen LogP contribution in [0.15, 0.2) is 48.5 Å². The maximum Gasteiger partial charge on any atom is 0.338 e. The minimum Gasteiger partial charge on any atom is -0.497 e. The Kier molecular flexibility index (Phi) is 6.84. The molecule has 0 atom stereocenters. The Morgan fingerprint density at radius 2 is 1.76 bits per heavy atom. The smallest absolute Gasteiger partial charge is 0.338 e. The Labute approximate surface area is 169 Å². The maximum atomic E-state index is 12.1. The summed E-state index contributed by atoms with van der Waals surface area (Å²) in [5.41, 5.74) is 2.01. The lowest BCUT2D eigenvalue weighted by molar-refractivity contribution is -0.124. The van der Waals surface area contributed by atoms with Gasteiger partial charge in [-0.1, -0.05) is 12.1 Å². The van der Waals surface area contributed by atoms with Crippen molar-refractivity contribution in [2.24, 2.45) is 0 Å². The van der Waals surface area contributed by atoms with E-state index in [0.29, 0.717) is 25.1 Å². The van der Waals surface area contributed by atoms with Crippen LogP contribution in [-0.4, -0.2) is 38.0 Å². The van der Waals surface area contributed by atoms with Crippen molar-refractivity contribution >= 4 is 23.5 Å². The standard InChI is InChI=1S/C22H24N2O5/c1-28-19-11-5-16(6-12-19)14-23-20(25)15-29-22(27)17-7-9-18(10-8-17)24-13-3-2-4-21(24)26/h5-12H,2-4,13-15H2,1H3,(H,23,25). The van der Waals surface area contributed by atoms with Crippen LogP contribution in [0.1, 0.15) is 35.2 Å². The van der Waals surface area contributed by atoms with Crippen molar-refractivity contribution in [3.8, 4) is 5.75 Å². The number of nitrogens with zero attached hydrogens (tertiary/aromatic N) is 1. The van der Waals surface area contributed by atoms with Crippen LogP contribution in [0.4, 0.5) is 5.69 Å². The molecule has 3 rings (SSSR count). The van der Waals surface area contributed by atoms with E-state index >= 15 is 0 Å². The Morgan fingerprint density at radius 3 is 2.41 bits per heavy atom. The third kappa shape index (κ3) is 5.57. The number of nitrogens with one attached hydrogen (secondary N) is 1. The van der Waals surface area contributed by atoms with Crippen molar-refractivity contribution in [2.45, 2.75) is 25.8 Å². The summed E-state index contributed by atoms with van der Waals surface area (Å²) >= 11 is 0. The van der Waals surface area contributed by atoms with Gasteiger partial charge in [0, 0.05) is 25.2 Å². The van der Waals surface area contributed by atoms with E-state index in [1.54, 1.807) is 36.3 Å². The average molecular weight is 396 g/mol. The fraction of sp³-hybridized carbons (Fsp3) is 0.318. The van der Waals surface area contributed by atoms with E-state index < -0.39 is 5.97 Å². The van der Waals surface area contributed by atoms with Crippen molar-refractivity contribution in [1.82, 2.24) is 5.32 Å². The number of hydrogen-bond donors (Lipinski definition) is 1. The first-order valence-electron chi connectivity index (χ1n) is 9.54. The number of amides is 2. The van der Waals surface area contributed by atoms with Gasteiger partial charge in [0.05, 0.1) is 12.7 Å². The normalized spacial score (nSPS) is 13.7. The first-order chi connectivity index (χ1) is 14.1. The quantitative estimate of drug-likeness (QED) is 0.728. The minimum atomic E-state index is -0.582. The number of carbonyl (C=O) groups excluding carboxylic acids is 3. The number of anilines is 1. The summed E-state index contributed by atoms with van der Waals surface area (Å²) in [6.45, 7) is 0.664. The molecule has 0 aromatic heterocycles. The molecule has 1 N–H and O–H groups in total. The van der Waals surface area contributed by atoms with Crippen molar-refractivity contribution in [3.05, 3.63) is 59.7 Å². The van der Waals surface area contributed by atoms with E-state index in [1.807, 2.05) is 24.3 Å². The van der Waals surface area contributed by atoms with Crippen LogP contribution in [0.3, 0.4) is 0 Å². The first-order valence-corrected chi connectivity index (χ1v) is 9.54. The van der Waals surface area contributed by atoms with E-state index in [1.165, 1.54) is 0 Å². The molecule has 2 aromatic rings. The van der Waals surface area contributed by atoms with Gasteiger partial charge in [0.2, 0.25) is 5.91 Å². The van der Waals surface area contributed by atoms with Gasteiger partial charge < -0.3 is 19.7 Å². The van der Waals surface area contributed by atoms with Gasteiger partial charge >= 0.3 is 5.97 Å². The molecule has 0 aliphatic carbocycles. The van der Waals surface area contributed by atoms with Gasteiger partial charge in [-0.05, 0) is 54.8 Å². The number of rotatable bonds is 7. The number of ether oxygens (including phenoxy) is 2. The lowest BCUT2D eigenvalue weighted by atomic mass is 10.1. The Morgan fingerprint density at radius 1 is 1.03 bits per heavy atom. The topological polar surface area (TPSA) is 84.9 Å². The van der Waals surface area contributed by atoms with Gasteiger partial charge in [-0.2, -0.15) is 0 Å². The van der Waals surface area contributed by atoms with Gasteiger partial charge in [-0.25, -0.2) is 4.79 Å². The molecule has 1 saturated heterocycles. The summed E-state index contributed by atoms with van der Waals surface area (Å²) in [7, 11) is 1.59. The summed E-state index contributed by atoms with van der Waals surface area (Å²) in [6.07, 6.45) is 2.44. The van der Waals surface area contributed by atoms with Crippen LogP contribution in [0, 0.1) is 0 Å². The molecule has 1 aliphatic heterocycles. The highest BCUT2D eigenvalue weighted by Crippen LogP contribution is 2.21. The molecule has 1 fully saturated rings. The molecule has 7 heteroatoms. The summed E-state index contributed by atoms with van der Waals surface area (Å²) in [4.78, 5) is 37.8. The highest BCUT2D eigenvalue weighted by atomic mass is 16.5. The third-order valence-electron chi connectivity index (χ3n) is 4.72. The van der Waals surface area contributed by atoms with Gasteiger partial charge in [-0.15, -0.1) is 0 Å². The second-order valence-electron chi connectivity index (χ2n) is 6.75. The Bertz CT molecular complexity index is 862. The molecule has 29 heavy (non-hydrogen) atoms. The number of hydrogen-bond acceptors (Lipinski definition) is 5. The molecule has 0 radical (unpaired) electrons. The monoisotopic (exact) mass is 396 g/mol. The van der Waals surface area contributed by atoms with Crippen molar-refractivity contribution in [1.29, 1.82) is 0 Å². The fourth-order valence-corrected chi connectivity index (χ4v) is 3.07. The molecular weight excluding hydrogens is 372 g/mol. The predicted octanol–water partition coefficient (Wildman–Crippen LogP) is 2.69. The summed E-state index contributed by atoms with van der Waals surface area (Å²) in [5, 5.41) is 2.70. The van der Waals surface area contributed by atoms with Crippen LogP contribution in [0.25, 0.3) is 0 Å². The van der Waals surface area contributed by atoms with Crippen molar-refractivity contribution in [2.75, 3.05) is 25.2 Å². The van der Waals surface area contributed by atoms with E-state index in [9.17, 15) is 14.4 Å². The lowest BCUT2D eigenvalue weighted by Crippen LogP contribution is -2.35. The van der Waals surface area contributed by atoms with Gasteiger partial charge in [0.25, 0.3) is 5.91 Å². The zero-order valence-electron chi connectivity index (χ0n) is 16.3. The van der Waals surface area contributed by atoms with E-state index in [0.717, 1.165) is 29.8 Å². The van der Waals surface area contributed by atoms with Crippen molar-refractivity contribution in [3.63, 3.8) is 0 Å². The first kappa shape index (κ1) is 20.4.